The third-order valence-corrected chi connectivity index (χ3v) is 5.76. The molecule has 0 amide bonds. The number of aryl methyl sites for hydroxylation is 3. The minimum Gasteiger partial charge on any atom is -0.331 e. The summed E-state index contributed by atoms with van der Waals surface area (Å²) in [5.74, 6) is 0.861. The molecule has 0 aliphatic rings. The van der Waals surface area contributed by atoms with Gasteiger partial charge in [0, 0.05) is 20.0 Å². The first-order chi connectivity index (χ1) is 11.4. The van der Waals surface area contributed by atoms with Crippen molar-refractivity contribution >= 4 is 21.1 Å². The molecule has 0 saturated carbocycles. The van der Waals surface area contributed by atoms with Crippen molar-refractivity contribution in [3.8, 4) is 0 Å². The van der Waals surface area contributed by atoms with E-state index in [9.17, 15) is 8.42 Å². The number of imidazole rings is 1. The van der Waals surface area contributed by atoms with Crippen molar-refractivity contribution in [2.24, 2.45) is 7.05 Å². The maximum Gasteiger partial charge on any atom is 0.240 e. The van der Waals surface area contributed by atoms with Gasteiger partial charge in [-0.1, -0.05) is 24.3 Å². The van der Waals surface area contributed by atoms with Crippen LogP contribution in [0.15, 0.2) is 47.4 Å². The molecule has 3 rings (SSSR count). The second kappa shape index (κ2) is 6.37. The van der Waals surface area contributed by atoms with Crippen molar-refractivity contribution in [3.63, 3.8) is 0 Å². The van der Waals surface area contributed by atoms with Crippen molar-refractivity contribution in [1.82, 2.24) is 14.3 Å². The van der Waals surface area contributed by atoms with Gasteiger partial charge >= 0.3 is 0 Å². The Morgan fingerprint density at radius 2 is 1.88 bits per heavy atom. The summed E-state index contributed by atoms with van der Waals surface area (Å²) in [5, 5.41) is 0. The van der Waals surface area contributed by atoms with E-state index >= 15 is 0 Å². The quantitative estimate of drug-likeness (QED) is 0.775. The number of nitrogens with zero attached hydrogens (tertiary/aromatic N) is 2. The lowest BCUT2D eigenvalue weighted by Gasteiger charge is -2.10. The van der Waals surface area contributed by atoms with Gasteiger partial charge in [-0.25, -0.2) is 18.1 Å². The summed E-state index contributed by atoms with van der Waals surface area (Å²) in [5.41, 5.74) is 3.64. The Balaban J connectivity index is 1.75. The van der Waals surface area contributed by atoms with E-state index in [1.165, 1.54) is 0 Å². The van der Waals surface area contributed by atoms with E-state index in [-0.39, 0.29) is 0 Å². The van der Waals surface area contributed by atoms with Crippen LogP contribution in [0.25, 0.3) is 11.0 Å². The fourth-order valence-corrected chi connectivity index (χ4v) is 4.15. The highest BCUT2D eigenvalue weighted by atomic mass is 32.2. The minimum atomic E-state index is -3.51. The molecule has 0 aliphatic heterocycles. The van der Waals surface area contributed by atoms with Crippen LogP contribution in [0.2, 0.25) is 0 Å². The number of para-hydroxylation sites is 2. The first-order valence-corrected chi connectivity index (χ1v) is 9.34. The molecule has 1 aromatic heterocycles. The van der Waals surface area contributed by atoms with E-state index in [1.54, 1.807) is 13.0 Å². The normalized spacial score (nSPS) is 12.0. The van der Waals surface area contributed by atoms with Crippen LogP contribution < -0.4 is 4.72 Å². The van der Waals surface area contributed by atoms with Gasteiger partial charge in [0.25, 0.3) is 0 Å². The first-order valence-electron chi connectivity index (χ1n) is 7.86. The molecule has 0 fully saturated rings. The Bertz CT molecular complexity index is 991. The Hall–Kier alpha value is -2.18. The van der Waals surface area contributed by atoms with Gasteiger partial charge in [0.15, 0.2) is 0 Å². The van der Waals surface area contributed by atoms with Crippen LogP contribution in [0.5, 0.6) is 0 Å². The fourth-order valence-electron chi connectivity index (χ4n) is 2.79. The van der Waals surface area contributed by atoms with Gasteiger partial charge in [0.2, 0.25) is 10.0 Å². The van der Waals surface area contributed by atoms with Gasteiger partial charge < -0.3 is 4.57 Å². The molecule has 24 heavy (non-hydrogen) atoms. The summed E-state index contributed by atoms with van der Waals surface area (Å²) in [6, 6.07) is 13.3. The Morgan fingerprint density at radius 1 is 1.12 bits per heavy atom. The second-order valence-electron chi connectivity index (χ2n) is 5.99. The molecule has 3 aromatic rings. The number of fused-ring (bicyclic) bond motifs is 1. The molecule has 1 N–H and O–H groups in total. The molecule has 1 heterocycles. The van der Waals surface area contributed by atoms with Crippen LogP contribution in [0.1, 0.15) is 17.0 Å². The molecular weight excluding hydrogens is 322 g/mol. The molecule has 6 heteroatoms. The van der Waals surface area contributed by atoms with E-state index in [1.807, 2.05) is 54.9 Å². The Kier molecular flexibility index (Phi) is 4.43. The lowest BCUT2D eigenvalue weighted by Crippen LogP contribution is -2.27. The first kappa shape index (κ1) is 16.7. The molecule has 5 nitrogen and oxygen atoms in total. The van der Waals surface area contributed by atoms with E-state index < -0.39 is 10.0 Å². The summed E-state index contributed by atoms with van der Waals surface area (Å²) in [6.07, 6.45) is 0.537. The smallest absolute Gasteiger partial charge is 0.240 e. The van der Waals surface area contributed by atoms with Gasteiger partial charge in [-0.2, -0.15) is 0 Å². The number of benzene rings is 2. The highest BCUT2D eigenvalue weighted by Gasteiger charge is 2.17. The van der Waals surface area contributed by atoms with Crippen molar-refractivity contribution in [3.05, 3.63) is 59.4 Å². The lowest BCUT2D eigenvalue weighted by atomic mass is 10.2. The van der Waals surface area contributed by atoms with Gasteiger partial charge in [-0.15, -0.1) is 0 Å². The van der Waals surface area contributed by atoms with Crippen LogP contribution in [0.3, 0.4) is 0 Å². The van der Waals surface area contributed by atoms with Crippen molar-refractivity contribution < 1.29 is 8.42 Å². The van der Waals surface area contributed by atoms with Crippen molar-refractivity contribution in [2.75, 3.05) is 6.54 Å². The zero-order valence-corrected chi connectivity index (χ0v) is 14.9. The molecule has 126 valence electrons. The number of nitrogens with one attached hydrogen (secondary N) is 1. The predicted octanol–water partition coefficient (Wildman–Crippen LogP) is 2.71. The fraction of sp³-hybridized carbons (Fsp3) is 0.278. The molecule has 0 saturated heterocycles. The number of rotatable bonds is 5. The summed E-state index contributed by atoms with van der Waals surface area (Å²) in [4.78, 5) is 4.90. The van der Waals surface area contributed by atoms with E-state index in [0.717, 1.165) is 28.0 Å². The number of aromatic nitrogens is 2. The standard InChI is InChI=1S/C18H21N3O2S/c1-13-8-9-14(2)17(12-13)24(22,23)19-11-10-18-20-15-6-4-5-7-16(15)21(18)3/h4-9,12,19H,10-11H2,1-3H3. The summed E-state index contributed by atoms with van der Waals surface area (Å²) < 4.78 is 29.7. The monoisotopic (exact) mass is 343 g/mol. The van der Waals surface area contributed by atoms with Crippen molar-refractivity contribution in [2.45, 2.75) is 25.2 Å². The molecule has 0 aliphatic carbocycles. The lowest BCUT2D eigenvalue weighted by molar-refractivity contribution is 0.579. The average molecular weight is 343 g/mol. The van der Waals surface area contributed by atoms with Crippen LogP contribution in [-0.2, 0) is 23.5 Å². The molecule has 0 spiro atoms. The summed E-state index contributed by atoms with van der Waals surface area (Å²) in [6.45, 7) is 4.00. The zero-order valence-electron chi connectivity index (χ0n) is 14.1. The summed E-state index contributed by atoms with van der Waals surface area (Å²) in [7, 11) is -1.57. The topological polar surface area (TPSA) is 64.0 Å². The third-order valence-electron chi connectivity index (χ3n) is 4.15. The van der Waals surface area contributed by atoms with Gasteiger partial charge in [0.1, 0.15) is 5.82 Å². The second-order valence-corrected chi connectivity index (χ2v) is 7.73. The zero-order chi connectivity index (χ0) is 17.3. The highest BCUT2D eigenvalue weighted by molar-refractivity contribution is 7.89. The molecular formula is C18H21N3O2S. The predicted molar refractivity (Wildman–Crippen MR) is 95.5 cm³/mol. The maximum atomic E-state index is 12.5. The molecule has 2 aromatic carbocycles. The maximum absolute atomic E-state index is 12.5. The Morgan fingerprint density at radius 3 is 2.62 bits per heavy atom. The third kappa shape index (κ3) is 3.20. The minimum absolute atomic E-state index is 0.312. The molecule has 0 atom stereocenters. The molecule has 0 bridgehead atoms. The number of hydrogen-bond acceptors (Lipinski definition) is 3. The van der Waals surface area contributed by atoms with Crippen LogP contribution in [-0.4, -0.2) is 24.5 Å². The van der Waals surface area contributed by atoms with E-state index in [4.69, 9.17) is 0 Å². The number of hydrogen-bond donors (Lipinski definition) is 1. The largest absolute Gasteiger partial charge is 0.331 e. The van der Waals surface area contributed by atoms with Gasteiger partial charge in [0.05, 0.1) is 15.9 Å². The Labute approximate surface area is 142 Å². The number of sulfonamides is 1. The van der Waals surface area contributed by atoms with Crippen LogP contribution in [0, 0.1) is 13.8 Å². The van der Waals surface area contributed by atoms with Gasteiger partial charge in [-0.3, -0.25) is 0 Å². The van der Waals surface area contributed by atoms with Gasteiger partial charge in [-0.05, 0) is 43.2 Å². The molecule has 0 unspecified atom stereocenters. The van der Waals surface area contributed by atoms with E-state index in [0.29, 0.717) is 17.9 Å². The molecule has 0 radical (unpaired) electrons. The van der Waals surface area contributed by atoms with Crippen LogP contribution in [0.4, 0.5) is 0 Å². The average Bonchev–Trinajstić information content (AvgIpc) is 2.86. The highest BCUT2D eigenvalue weighted by Crippen LogP contribution is 2.17. The van der Waals surface area contributed by atoms with Crippen molar-refractivity contribution in [1.29, 1.82) is 0 Å². The SMILES string of the molecule is Cc1ccc(C)c(S(=O)(=O)NCCc2nc3ccccc3n2C)c1. The summed E-state index contributed by atoms with van der Waals surface area (Å²) >= 11 is 0. The van der Waals surface area contributed by atoms with Crippen LogP contribution >= 0.6 is 0 Å². The van der Waals surface area contributed by atoms with E-state index in [2.05, 4.69) is 9.71 Å².